The minimum Gasteiger partial charge on any atom is -0.465 e. The van der Waals surface area contributed by atoms with Crippen molar-refractivity contribution in [3.63, 3.8) is 0 Å². The molecule has 0 atom stereocenters. The summed E-state index contributed by atoms with van der Waals surface area (Å²) in [5.74, 6) is -0.582. The summed E-state index contributed by atoms with van der Waals surface area (Å²) >= 11 is 0. The van der Waals surface area contributed by atoms with Crippen LogP contribution in [0.1, 0.15) is 26.3 Å². The van der Waals surface area contributed by atoms with Crippen molar-refractivity contribution in [3.05, 3.63) is 65.2 Å². The fourth-order valence-corrected chi connectivity index (χ4v) is 2.91. The molecule has 1 saturated heterocycles. The van der Waals surface area contributed by atoms with Crippen molar-refractivity contribution in [2.75, 3.05) is 38.7 Å². The number of nitrogens with one attached hydrogen (secondary N) is 2. The Morgan fingerprint density at radius 2 is 1.62 bits per heavy atom. The molecule has 2 N–H and O–H groups in total. The number of methoxy groups -OCH3 is 1. The van der Waals surface area contributed by atoms with E-state index in [1.165, 1.54) is 17.6 Å². The molecule has 3 rings (SSSR count). The molecule has 6 nitrogen and oxygen atoms in total. The zero-order valence-electron chi connectivity index (χ0n) is 14.8. The third-order valence-electron chi connectivity index (χ3n) is 4.43. The Balaban J connectivity index is 1.58. The van der Waals surface area contributed by atoms with Gasteiger partial charge < -0.3 is 19.7 Å². The van der Waals surface area contributed by atoms with E-state index in [9.17, 15) is 9.59 Å². The van der Waals surface area contributed by atoms with Crippen LogP contribution in [0.2, 0.25) is 0 Å². The zero-order chi connectivity index (χ0) is 18.4. The van der Waals surface area contributed by atoms with Crippen LogP contribution in [-0.4, -0.2) is 45.3 Å². The van der Waals surface area contributed by atoms with Gasteiger partial charge >= 0.3 is 5.97 Å². The Hall–Kier alpha value is -2.70. The van der Waals surface area contributed by atoms with Crippen molar-refractivity contribution in [2.45, 2.75) is 6.54 Å². The molecule has 0 aromatic heterocycles. The van der Waals surface area contributed by atoms with Crippen molar-refractivity contribution in [1.82, 2.24) is 0 Å². The van der Waals surface area contributed by atoms with Crippen molar-refractivity contribution in [3.8, 4) is 0 Å². The van der Waals surface area contributed by atoms with Crippen LogP contribution >= 0.6 is 0 Å². The van der Waals surface area contributed by atoms with E-state index in [1.54, 1.807) is 24.3 Å². The molecule has 0 aliphatic carbocycles. The summed E-state index contributed by atoms with van der Waals surface area (Å²) in [6, 6.07) is 14.3. The molecule has 1 fully saturated rings. The molecule has 0 unspecified atom stereocenters. The number of ether oxygens (including phenoxy) is 2. The van der Waals surface area contributed by atoms with Gasteiger partial charge in [-0.15, -0.1) is 0 Å². The number of hydrogen-bond acceptors (Lipinski definition) is 4. The number of morpholine rings is 1. The van der Waals surface area contributed by atoms with E-state index in [-0.39, 0.29) is 5.91 Å². The Morgan fingerprint density at radius 1 is 1.00 bits per heavy atom. The highest BCUT2D eigenvalue weighted by molar-refractivity contribution is 6.04. The van der Waals surface area contributed by atoms with Crippen LogP contribution in [0.25, 0.3) is 0 Å². The molecule has 1 aliphatic heterocycles. The van der Waals surface area contributed by atoms with Crippen LogP contribution in [-0.2, 0) is 16.0 Å². The van der Waals surface area contributed by atoms with Crippen LogP contribution in [0.5, 0.6) is 0 Å². The van der Waals surface area contributed by atoms with Crippen LogP contribution in [0.4, 0.5) is 5.69 Å². The van der Waals surface area contributed by atoms with E-state index in [0.29, 0.717) is 16.8 Å². The van der Waals surface area contributed by atoms with E-state index in [2.05, 4.69) is 10.1 Å². The molecular weight excluding hydrogens is 332 g/mol. The second-order valence-corrected chi connectivity index (χ2v) is 6.26. The van der Waals surface area contributed by atoms with Gasteiger partial charge in [-0.2, -0.15) is 0 Å². The van der Waals surface area contributed by atoms with Crippen molar-refractivity contribution in [2.24, 2.45) is 0 Å². The Kier molecular flexibility index (Phi) is 5.99. The first-order chi connectivity index (χ1) is 12.7. The fraction of sp³-hybridized carbons (Fsp3) is 0.300. The number of carbonyl (C=O) groups excluding carboxylic acids is 2. The molecule has 2 aromatic rings. The van der Waals surface area contributed by atoms with Gasteiger partial charge in [-0.3, -0.25) is 4.79 Å². The van der Waals surface area contributed by atoms with Gasteiger partial charge in [-0.05, 0) is 36.4 Å². The highest BCUT2D eigenvalue weighted by Crippen LogP contribution is 2.12. The van der Waals surface area contributed by atoms with Gasteiger partial charge in [0.05, 0.1) is 25.9 Å². The van der Waals surface area contributed by atoms with Gasteiger partial charge in [0.15, 0.2) is 0 Å². The third-order valence-corrected chi connectivity index (χ3v) is 4.43. The van der Waals surface area contributed by atoms with Gasteiger partial charge in [0.25, 0.3) is 5.91 Å². The molecule has 0 spiro atoms. The molecule has 1 heterocycles. The molecule has 2 aromatic carbocycles. The maximum Gasteiger partial charge on any atom is 0.337 e. The van der Waals surface area contributed by atoms with Crippen LogP contribution < -0.4 is 10.2 Å². The van der Waals surface area contributed by atoms with E-state index in [4.69, 9.17) is 4.74 Å². The molecular formula is C20H23N2O4+. The van der Waals surface area contributed by atoms with Gasteiger partial charge in [-0.1, -0.05) is 12.1 Å². The average molecular weight is 355 g/mol. The highest BCUT2D eigenvalue weighted by atomic mass is 16.5. The summed E-state index contributed by atoms with van der Waals surface area (Å²) in [5.41, 5.74) is 2.88. The minimum absolute atomic E-state index is 0.180. The summed E-state index contributed by atoms with van der Waals surface area (Å²) in [7, 11) is 1.34. The molecule has 136 valence electrons. The quantitative estimate of drug-likeness (QED) is 0.790. The SMILES string of the molecule is COC(=O)c1ccc(NC(=O)c2ccc(C[NH+]3CCOCC3)cc2)cc1. The topological polar surface area (TPSA) is 69.1 Å². The monoisotopic (exact) mass is 355 g/mol. The highest BCUT2D eigenvalue weighted by Gasteiger charge is 2.14. The molecule has 6 heteroatoms. The van der Waals surface area contributed by atoms with E-state index in [0.717, 1.165) is 32.8 Å². The Bertz CT molecular complexity index is 750. The first-order valence-corrected chi connectivity index (χ1v) is 8.65. The number of carbonyl (C=O) groups is 2. The largest absolute Gasteiger partial charge is 0.465 e. The maximum atomic E-state index is 12.4. The van der Waals surface area contributed by atoms with Crippen molar-refractivity contribution >= 4 is 17.6 Å². The van der Waals surface area contributed by atoms with Crippen LogP contribution in [0.15, 0.2) is 48.5 Å². The Labute approximate surface area is 152 Å². The number of esters is 1. The summed E-state index contributed by atoms with van der Waals surface area (Å²) in [6.45, 7) is 4.60. The molecule has 0 saturated carbocycles. The lowest BCUT2D eigenvalue weighted by Crippen LogP contribution is -3.12. The predicted molar refractivity (Wildman–Crippen MR) is 97.4 cm³/mol. The molecule has 0 radical (unpaired) electrons. The smallest absolute Gasteiger partial charge is 0.337 e. The Morgan fingerprint density at radius 3 is 2.23 bits per heavy atom. The first kappa shape index (κ1) is 18.1. The predicted octanol–water partition coefficient (Wildman–Crippen LogP) is 1.14. The summed E-state index contributed by atoms with van der Waals surface area (Å²) in [6.07, 6.45) is 0. The molecule has 1 aliphatic rings. The number of rotatable bonds is 5. The first-order valence-electron chi connectivity index (χ1n) is 8.65. The van der Waals surface area contributed by atoms with Crippen LogP contribution in [0, 0.1) is 0 Å². The lowest BCUT2D eigenvalue weighted by atomic mass is 10.1. The second kappa shape index (κ2) is 8.60. The number of quaternary nitrogens is 1. The van der Waals surface area contributed by atoms with Gasteiger partial charge in [0.2, 0.25) is 0 Å². The zero-order valence-corrected chi connectivity index (χ0v) is 14.8. The van der Waals surface area contributed by atoms with Gasteiger partial charge in [0, 0.05) is 16.8 Å². The standard InChI is InChI=1S/C20H22N2O4/c1-25-20(24)17-6-8-18(9-7-17)21-19(23)16-4-2-15(3-5-16)14-22-10-12-26-13-11-22/h2-9H,10-14H2,1H3,(H,21,23)/p+1. The van der Waals surface area contributed by atoms with Crippen molar-refractivity contribution in [1.29, 1.82) is 0 Å². The minimum atomic E-state index is -0.402. The normalized spacial score (nSPS) is 14.7. The number of benzene rings is 2. The molecule has 0 bridgehead atoms. The number of amides is 1. The fourth-order valence-electron chi connectivity index (χ4n) is 2.91. The summed E-state index contributed by atoms with van der Waals surface area (Å²) in [4.78, 5) is 25.3. The van der Waals surface area contributed by atoms with E-state index in [1.807, 2.05) is 24.3 Å². The summed E-state index contributed by atoms with van der Waals surface area (Å²) in [5, 5.41) is 2.83. The lowest BCUT2D eigenvalue weighted by molar-refractivity contribution is -0.921. The molecule has 26 heavy (non-hydrogen) atoms. The van der Waals surface area contributed by atoms with E-state index >= 15 is 0 Å². The summed E-state index contributed by atoms with van der Waals surface area (Å²) < 4.78 is 10.0. The van der Waals surface area contributed by atoms with Gasteiger partial charge in [-0.25, -0.2) is 4.79 Å². The molecule has 1 amide bonds. The lowest BCUT2D eigenvalue weighted by Gasteiger charge is -2.23. The van der Waals surface area contributed by atoms with Crippen molar-refractivity contribution < 1.29 is 24.0 Å². The third kappa shape index (κ3) is 4.68. The number of hydrogen-bond donors (Lipinski definition) is 2. The second-order valence-electron chi connectivity index (χ2n) is 6.26. The van der Waals surface area contributed by atoms with Crippen LogP contribution in [0.3, 0.4) is 0 Å². The average Bonchev–Trinajstić information content (AvgIpc) is 2.69. The van der Waals surface area contributed by atoms with E-state index < -0.39 is 5.97 Å². The maximum absolute atomic E-state index is 12.4. The number of anilines is 1. The van der Waals surface area contributed by atoms with Gasteiger partial charge in [0.1, 0.15) is 19.6 Å².